The monoisotopic (exact) mass is 273 g/mol. The fourth-order valence-electron chi connectivity index (χ4n) is 1.88. The Kier molecular flexibility index (Phi) is 2.90. The molecule has 0 saturated heterocycles. The first-order valence-electron chi connectivity index (χ1n) is 5.92. The van der Waals surface area contributed by atoms with Crippen molar-refractivity contribution in [2.45, 2.75) is 0 Å². The summed E-state index contributed by atoms with van der Waals surface area (Å²) < 4.78 is 23.8. The zero-order valence-electron chi connectivity index (χ0n) is 10.7. The third kappa shape index (κ3) is 2.23. The average molecular weight is 273 g/mol. The van der Waals surface area contributed by atoms with Crippen LogP contribution in [0.2, 0.25) is 0 Å². The molecule has 2 aromatic carbocycles. The Bertz CT molecular complexity index is 770. The lowest BCUT2D eigenvalue weighted by Gasteiger charge is -2.07. The number of rotatable bonds is 3. The van der Waals surface area contributed by atoms with E-state index in [2.05, 4.69) is 10.3 Å². The van der Waals surface area contributed by atoms with E-state index in [0.29, 0.717) is 28.2 Å². The number of anilines is 3. The zero-order chi connectivity index (χ0) is 14.1. The molecule has 0 aliphatic rings. The molecule has 0 amide bonds. The maximum absolute atomic E-state index is 13.1. The molecular weight excluding hydrogens is 261 g/mol. The highest BCUT2D eigenvalue weighted by Gasteiger charge is 2.10. The molecule has 0 radical (unpaired) electrons. The molecule has 3 rings (SSSR count). The summed E-state index contributed by atoms with van der Waals surface area (Å²) in [7, 11) is 1.46. The predicted octanol–water partition coefficient (Wildman–Crippen LogP) is 3.30. The van der Waals surface area contributed by atoms with Crippen LogP contribution in [0.1, 0.15) is 0 Å². The summed E-state index contributed by atoms with van der Waals surface area (Å²) in [5.41, 5.74) is 8.10. The van der Waals surface area contributed by atoms with Crippen molar-refractivity contribution in [3.05, 3.63) is 42.2 Å². The first-order chi connectivity index (χ1) is 9.65. The van der Waals surface area contributed by atoms with Gasteiger partial charge in [0.1, 0.15) is 17.1 Å². The second-order valence-electron chi connectivity index (χ2n) is 4.22. The molecule has 1 aromatic heterocycles. The van der Waals surface area contributed by atoms with Gasteiger partial charge in [0.15, 0.2) is 5.58 Å². The number of ether oxygens (including phenoxy) is 1. The molecule has 0 aliphatic carbocycles. The molecule has 0 saturated carbocycles. The van der Waals surface area contributed by atoms with Crippen LogP contribution >= 0.6 is 0 Å². The Balaban J connectivity index is 1.96. The van der Waals surface area contributed by atoms with E-state index in [9.17, 15) is 4.39 Å². The highest BCUT2D eigenvalue weighted by Crippen LogP contribution is 2.29. The van der Waals surface area contributed by atoms with Gasteiger partial charge in [-0.05, 0) is 24.3 Å². The minimum Gasteiger partial charge on any atom is -0.494 e. The maximum Gasteiger partial charge on any atom is 0.300 e. The van der Waals surface area contributed by atoms with Crippen LogP contribution in [-0.2, 0) is 0 Å². The lowest BCUT2D eigenvalue weighted by atomic mass is 10.3. The number of aromatic nitrogens is 1. The number of hydrogen-bond donors (Lipinski definition) is 2. The first-order valence-corrected chi connectivity index (χ1v) is 5.92. The van der Waals surface area contributed by atoms with Gasteiger partial charge in [-0.1, -0.05) is 0 Å². The van der Waals surface area contributed by atoms with E-state index >= 15 is 0 Å². The summed E-state index contributed by atoms with van der Waals surface area (Å²) >= 11 is 0. The third-order valence-corrected chi connectivity index (χ3v) is 2.82. The first kappa shape index (κ1) is 12.3. The molecule has 5 nitrogen and oxygen atoms in total. The highest BCUT2D eigenvalue weighted by atomic mass is 19.1. The van der Waals surface area contributed by atoms with E-state index in [1.165, 1.54) is 19.2 Å². The van der Waals surface area contributed by atoms with E-state index in [0.717, 1.165) is 0 Å². The Morgan fingerprint density at radius 2 is 2.10 bits per heavy atom. The number of fused-ring (bicyclic) bond motifs is 1. The molecule has 0 spiro atoms. The number of halogens is 1. The molecule has 6 heteroatoms. The Labute approximate surface area is 114 Å². The van der Waals surface area contributed by atoms with Crippen LogP contribution in [0.15, 0.2) is 40.8 Å². The van der Waals surface area contributed by atoms with Crippen molar-refractivity contribution >= 4 is 28.5 Å². The molecule has 0 unspecified atom stereocenters. The summed E-state index contributed by atoms with van der Waals surface area (Å²) in [5.74, 6) is -0.00971. The van der Waals surface area contributed by atoms with Gasteiger partial charge in [-0.3, -0.25) is 0 Å². The molecule has 0 aliphatic heterocycles. The number of oxazole rings is 1. The number of nitrogens with two attached hydrogens (primary N) is 1. The van der Waals surface area contributed by atoms with Crippen molar-refractivity contribution in [3.63, 3.8) is 0 Å². The summed E-state index contributed by atoms with van der Waals surface area (Å²) in [6, 6.07) is 9.64. The number of nitrogens with zero attached hydrogens (tertiary/aromatic N) is 1. The van der Waals surface area contributed by atoms with Crippen LogP contribution in [-0.4, -0.2) is 12.1 Å². The number of methoxy groups -OCH3 is 1. The van der Waals surface area contributed by atoms with Crippen LogP contribution in [0.4, 0.5) is 21.8 Å². The quantitative estimate of drug-likeness (QED) is 0.716. The summed E-state index contributed by atoms with van der Waals surface area (Å²) in [6.07, 6.45) is 0. The molecule has 1 heterocycles. The highest BCUT2D eigenvalue weighted by molar-refractivity contribution is 5.79. The van der Waals surface area contributed by atoms with Crippen molar-refractivity contribution in [1.29, 1.82) is 0 Å². The van der Waals surface area contributed by atoms with Crippen LogP contribution in [0.25, 0.3) is 11.1 Å². The largest absolute Gasteiger partial charge is 0.494 e. The summed E-state index contributed by atoms with van der Waals surface area (Å²) in [5, 5.41) is 2.95. The Hall–Kier alpha value is -2.76. The number of hydrogen-bond acceptors (Lipinski definition) is 5. The van der Waals surface area contributed by atoms with Gasteiger partial charge in [-0.15, -0.1) is 0 Å². The Morgan fingerprint density at radius 3 is 2.90 bits per heavy atom. The van der Waals surface area contributed by atoms with Gasteiger partial charge in [0.05, 0.1) is 12.8 Å². The van der Waals surface area contributed by atoms with E-state index in [4.69, 9.17) is 14.9 Å². The summed E-state index contributed by atoms with van der Waals surface area (Å²) in [4.78, 5) is 4.26. The minimum absolute atomic E-state index is 0.288. The van der Waals surface area contributed by atoms with Crippen LogP contribution < -0.4 is 15.8 Å². The zero-order valence-corrected chi connectivity index (χ0v) is 10.7. The van der Waals surface area contributed by atoms with Crippen molar-refractivity contribution in [2.24, 2.45) is 0 Å². The fourth-order valence-corrected chi connectivity index (χ4v) is 1.88. The van der Waals surface area contributed by atoms with Gasteiger partial charge in [-0.2, -0.15) is 4.98 Å². The second-order valence-corrected chi connectivity index (χ2v) is 4.22. The molecule has 3 N–H and O–H groups in total. The molecule has 3 aromatic rings. The van der Waals surface area contributed by atoms with Gasteiger partial charge in [0.25, 0.3) is 6.01 Å². The molecule has 0 fully saturated rings. The second kappa shape index (κ2) is 4.73. The SMILES string of the molecule is COc1cc(F)ccc1Nc1nc2ccc(N)cc2o1. The number of benzene rings is 2. The predicted molar refractivity (Wildman–Crippen MR) is 74.7 cm³/mol. The van der Waals surface area contributed by atoms with E-state index in [-0.39, 0.29) is 11.8 Å². The van der Waals surface area contributed by atoms with E-state index in [1.807, 2.05) is 0 Å². The lowest BCUT2D eigenvalue weighted by molar-refractivity contribution is 0.413. The smallest absolute Gasteiger partial charge is 0.300 e. The number of nitrogen functional groups attached to an aromatic ring is 1. The van der Waals surface area contributed by atoms with Gasteiger partial charge in [0.2, 0.25) is 0 Å². The lowest BCUT2D eigenvalue weighted by Crippen LogP contribution is -1.95. The van der Waals surface area contributed by atoms with Gasteiger partial charge in [-0.25, -0.2) is 4.39 Å². The minimum atomic E-state index is -0.377. The third-order valence-electron chi connectivity index (χ3n) is 2.82. The number of nitrogens with one attached hydrogen (secondary N) is 1. The van der Waals surface area contributed by atoms with Crippen LogP contribution in [0.5, 0.6) is 5.75 Å². The Morgan fingerprint density at radius 1 is 1.25 bits per heavy atom. The molecule has 0 atom stereocenters. The molecule has 20 heavy (non-hydrogen) atoms. The van der Waals surface area contributed by atoms with Crippen molar-refractivity contribution < 1.29 is 13.5 Å². The molecule has 102 valence electrons. The van der Waals surface area contributed by atoms with Crippen LogP contribution in [0, 0.1) is 5.82 Å². The van der Waals surface area contributed by atoms with Gasteiger partial charge in [0, 0.05) is 17.8 Å². The van der Waals surface area contributed by atoms with Gasteiger partial charge >= 0.3 is 0 Å². The van der Waals surface area contributed by atoms with Crippen molar-refractivity contribution in [1.82, 2.24) is 4.98 Å². The van der Waals surface area contributed by atoms with Crippen molar-refractivity contribution in [2.75, 3.05) is 18.2 Å². The fraction of sp³-hybridized carbons (Fsp3) is 0.0714. The molecular formula is C14H12FN3O2. The van der Waals surface area contributed by atoms with Crippen LogP contribution in [0.3, 0.4) is 0 Å². The van der Waals surface area contributed by atoms with Gasteiger partial charge < -0.3 is 20.2 Å². The van der Waals surface area contributed by atoms with Crippen molar-refractivity contribution in [3.8, 4) is 5.75 Å². The summed E-state index contributed by atoms with van der Waals surface area (Å²) in [6.45, 7) is 0. The standard InChI is InChI=1S/C14H12FN3O2/c1-19-12-6-8(15)2-4-10(12)17-14-18-11-5-3-9(16)7-13(11)20-14/h2-7H,16H2,1H3,(H,17,18). The average Bonchev–Trinajstić information content (AvgIpc) is 2.82. The van der Waals surface area contributed by atoms with E-state index in [1.54, 1.807) is 24.3 Å². The normalized spacial score (nSPS) is 10.7. The van der Waals surface area contributed by atoms with E-state index < -0.39 is 0 Å². The maximum atomic E-state index is 13.1. The topological polar surface area (TPSA) is 73.3 Å². The molecule has 0 bridgehead atoms.